The topological polar surface area (TPSA) is 137 Å². The van der Waals surface area contributed by atoms with Crippen molar-refractivity contribution >= 4 is 29.8 Å². The molecule has 32 heavy (non-hydrogen) atoms. The Hall–Kier alpha value is -3.88. The third kappa shape index (κ3) is 7.42. The van der Waals surface area contributed by atoms with Crippen molar-refractivity contribution in [1.29, 1.82) is 0 Å². The van der Waals surface area contributed by atoms with E-state index in [9.17, 15) is 19.5 Å². The second-order valence-electron chi connectivity index (χ2n) is 8.49. The summed E-state index contributed by atoms with van der Waals surface area (Å²) in [6, 6.07) is 14.1. The Morgan fingerprint density at radius 3 is 2.41 bits per heavy atom. The van der Waals surface area contributed by atoms with E-state index in [0.29, 0.717) is 5.69 Å². The molecule has 0 aliphatic heterocycles. The van der Waals surface area contributed by atoms with E-state index in [0.717, 1.165) is 10.6 Å². The van der Waals surface area contributed by atoms with Crippen LogP contribution in [0.15, 0.2) is 59.7 Å². The van der Waals surface area contributed by atoms with Gasteiger partial charge in [0.15, 0.2) is 6.04 Å². The number of carbonyl (C=O) groups is 3. The van der Waals surface area contributed by atoms with Crippen molar-refractivity contribution in [3.8, 4) is 0 Å². The van der Waals surface area contributed by atoms with Crippen molar-refractivity contribution in [2.24, 2.45) is 16.4 Å². The lowest BCUT2D eigenvalue weighted by Gasteiger charge is -2.31. The van der Waals surface area contributed by atoms with Crippen LogP contribution >= 0.6 is 0 Å². The van der Waals surface area contributed by atoms with Crippen LogP contribution in [0.25, 0.3) is 0 Å². The zero-order valence-electron chi connectivity index (χ0n) is 18.4. The second-order valence-corrected chi connectivity index (χ2v) is 8.49. The summed E-state index contributed by atoms with van der Waals surface area (Å²) in [5.41, 5.74) is 3.64. The van der Waals surface area contributed by atoms with Crippen molar-refractivity contribution in [2.45, 2.75) is 39.7 Å². The minimum Gasteiger partial charge on any atom is -0.480 e. The van der Waals surface area contributed by atoms with Crippen LogP contribution in [-0.2, 0) is 16.0 Å². The maximum atomic E-state index is 13.1. The van der Waals surface area contributed by atoms with E-state index in [-0.39, 0.29) is 18.4 Å². The molecule has 0 aromatic heterocycles. The van der Waals surface area contributed by atoms with Crippen molar-refractivity contribution in [1.82, 2.24) is 10.4 Å². The lowest BCUT2D eigenvalue weighted by molar-refractivity contribution is -0.153. The number of aliphatic carboxylic acids is 1. The Kier molecular flexibility index (Phi) is 8.34. The third-order valence-corrected chi connectivity index (χ3v) is 4.47. The fourth-order valence-electron chi connectivity index (χ4n) is 3.02. The molecule has 1 atom stereocenters. The largest absolute Gasteiger partial charge is 0.480 e. The monoisotopic (exact) mass is 439 g/mol. The number of amides is 2. The quantitative estimate of drug-likeness (QED) is 0.216. The summed E-state index contributed by atoms with van der Waals surface area (Å²) in [4.78, 5) is 38.1. The van der Waals surface area contributed by atoms with Gasteiger partial charge in [-0.15, -0.1) is 0 Å². The molecule has 2 aromatic carbocycles. The van der Waals surface area contributed by atoms with Crippen molar-refractivity contribution in [3.63, 3.8) is 0 Å². The molecule has 0 radical (unpaired) electrons. The smallest absolute Gasteiger partial charge is 0.328 e. The van der Waals surface area contributed by atoms with E-state index in [1.54, 1.807) is 42.5 Å². The molecular formula is C23H29N5O4. The van der Waals surface area contributed by atoms with E-state index < -0.39 is 29.2 Å². The molecular weight excluding hydrogens is 410 g/mol. The van der Waals surface area contributed by atoms with Gasteiger partial charge in [-0.2, -0.15) is 5.10 Å². The number of benzene rings is 2. The Morgan fingerprint density at radius 1 is 1.12 bits per heavy atom. The van der Waals surface area contributed by atoms with Crippen LogP contribution in [0.4, 0.5) is 5.69 Å². The number of nitrogens with zero attached hydrogens (tertiary/aromatic N) is 2. The van der Waals surface area contributed by atoms with Gasteiger partial charge >= 0.3 is 5.97 Å². The number of hydrazine groups is 1. The van der Waals surface area contributed by atoms with Gasteiger partial charge in [-0.3, -0.25) is 15.0 Å². The fraction of sp³-hybridized carbons (Fsp3) is 0.304. The summed E-state index contributed by atoms with van der Waals surface area (Å²) in [7, 11) is 0. The van der Waals surface area contributed by atoms with Gasteiger partial charge < -0.3 is 16.3 Å². The highest BCUT2D eigenvalue weighted by Gasteiger charge is 2.33. The van der Waals surface area contributed by atoms with Crippen LogP contribution in [0.2, 0.25) is 0 Å². The molecule has 0 saturated carbocycles. The van der Waals surface area contributed by atoms with Gasteiger partial charge in [-0.1, -0.05) is 57.2 Å². The molecule has 5 N–H and O–H groups in total. The Labute approximate surface area is 187 Å². The van der Waals surface area contributed by atoms with Gasteiger partial charge in [0.2, 0.25) is 5.91 Å². The molecule has 2 aromatic rings. The molecule has 2 amide bonds. The zero-order chi connectivity index (χ0) is 23.7. The van der Waals surface area contributed by atoms with Gasteiger partial charge in [-0.05, 0) is 29.2 Å². The molecule has 0 aliphatic rings. The van der Waals surface area contributed by atoms with Crippen LogP contribution in [0.1, 0.15) is 43.1 Å². The number of nitrogens with two attached hydrogens (primary N) is 1. The molecule has 170 valence electrons. The first-order valence-corrected chi connectivity index (χ1v) is 10.1. The molecule has 2 rings (SSSR count). The second kappa shape index (κ2) is 10.9. The highest BCUT2D eigenvalue weighted by atomic mass is 16.4. The summed E-state index contributed by atoms with van der Waals surface area (Å²) in [5.74, 6) is 2.76. The van der Waals surface area contributed by atoms with Gasteiger partial charge in [-0.25, -0.2) is 9.80 Å². The summed E-state index contributed by atoms with van der Waals surface area (Å²) in [6.07, 6.45) is 1.36. The SMILES string of the molecule is CC(C)(C)CC(=O)N(NC(=O)c1cccc(NC=NN)c1)C(Cc1ccccc1)C(=O)O. The molecule has 0 aliphatic carbocycles. The summed E-state index contributed by atoms with van der Waals surface area (Å²) < 4.78 is 0. The summed E-state index contributed by atoms with van der Waals surface area (Å²) in [5, 5.41) is 17.0. The Bertz CT molecular complexity index is 970. The lowest BCUT2D eigenvalue weighted by Crippen LogP contribution is -2.56. The molecule has 0 bridgehead atoms. The normalized spacial score (nSPS) is 12.2. The minimum absolute atomic E-state index is 0.0426. The average Bonchev–Trinajstić information content (AvgIpc) is 2.74. The summed E-state index contributed by atoms with van der Waals surface area (Å²) >= 11 is 0. The van der Waals surface area contributed by atoms with Crippen LogP contribution in [-0.4, -0.2) is 40.3 Å². The maximum absolute atomic E-state index is 13.1. The number of carboxylic acids is 1. The van der Waals surface area contributed by atoms with Gasteiger partial charge in [0, 0.05) is 24.1 Å². The Balaban J connectivity index is 2.34. The first-order chi connectivity index (χ1) is 15.1. The molecule has 9 nitrogen and oxygen atoms in total. The number of rotatable bonds is 8. The first kappa shape index (κ1) is 24.4. The number of hydrogen-bond acceptors (Lipinski definition) is 5. The van der Waals surface area contributed by atoms with Crippen molar-refractivity contribution in [2.75, 3.05) is 5.32 Å². The first-order valence-electron chi connectivity index (χ1n) is 10.1. The number of hydrazone groups is 1. The number of anilines is 1. The number of nitrogens with one attached hydrogen (secondary N) is 2. The van der Waals surface area contributed by atoms with E-state index in [1.165, 1.54) is 12.4 Å². The standard InChI is InChI=1S/C23H29N5O4/c1-23(2,3)14-20(29)28(19(22(31)32)12-16-8-5-4-6-9-16)27-21(30)17-10-7-11-18(13-17)25-15-26-24/h4-11,13,15,19H,12,14,24H2,1-3H3,(H,25,26)(H,27,30)(H,31,32). The van der Waals surface area contributed by atoms with Crippen LogP contribution in [0.3, 0.4) is 0 Å². The van der Waals surface area contributed by atoms with Crippen LogP contribution < -0.4 is 16.6 Å². The van der Waals surface area contributed by atoms with Gasteiger partial charge in [0.1, 0.15) is 6.34 Å². The average molecular weight is 440 g/mol. The summed E-state index contributed by atoms with van der Waals surface area (Å²) in [6.45, 7) is 5.60. The van der Waals surface area contributed by atoms with Gasteiger partial charge in [0.25, 0.3) is 5.91 Å². The van der Waals surface area contributed by atoms with Crippen molar-refractivity contribution < 1.29 is 19.5 Å². The Morgan fingerprint density at radius 2 is 1.81 bits per heavy atom. The molecule has 0 spiro atoms. The fourth-order valence-corrected chi connectivity index (χ4v) is 3.02. The number of carboxylic acid groups (broad SMARTS) is 1. The number of hydrogen-bond donors (Lipinski definition) is 4. The zero-order valence-corrected chi connectivity index (χ0v) is 18.4. The number of carbonyl (C=O) groups excluding carboxylic acids is 2. The molecule has 1 unspecified atom stereocenters. The lowest BCUT2D eigenvalue weighted by atomic mass is 9.91. The van der Waals surface area contributed by atoms with Crippen LogP contribution in [0.5, 0.6) is 0 Å². The van der Waals surface area contributed by atoms with E-state index in [2.05, 4.69) is 15.8 Å². The van der Waals surface area contributed by atoms with Gasteiger partial charge in [0.05, 0.1) is 0 Å². The molecule has 0 saturated heterocycles. The molecule has 0 heterocycles. The van der Waals surface area contributed by atoms with Crippen LogP contribution in [0, 0.1) is 5.41 Å². The van der Waals surface area contributed by atoms with E-state index in [1.807, 2.05) is 26.8 Å². The minimum atomic E-state index is -1.28. The van der Waals surface area contributed by atoms with E-state index in [4.69, 9.17) is 5.84 Å². The maximum Gasteiger partial charge on any atom is 0.328 e. The predicted molar refractivity (Wildman–Crippen MR) is 123 cm³/mol. The van der Waals surface area contributed by atoms with E-state index >= 15 is 0 Å². The highest BCUT2D eigenvalue weighted by molar-refractivity contribution is 5.97. The third-order valence-electron chi connectivity index (χ3n) is 4.47. The van der Waals surface area contributed by atoms with Crippen molar-refractivity contribution in [3.05, 3.63) is 65.7 Å². The predicted octanol–water partition coefficient (Wildman–Crippen LogP) is 2.61. The molecule has 9 heteroatoms. The highest BCUT2D eigenvalue weighted by Crippen LogP contribution is 2.21. The molecule has 0 fully saturated rings.